The van der Waals surface area contributed by atoms with E-state index in [9.17, 15) is 0 Å². The molecular formula is C10H26OSi2. The molecule has 0 fully saturated rings. The van der Waals surface area contributed by atoms with Gasteiger partial charge in [-0.2, -0.15) is 0 Å². The molecule has 0 N–H and O–H groups in total. The molecular weight excluding hydrogens is 192 g/mol. The van der Waals surface area contributed by atoms with E-state index >= 15 is 0 Å². The highest BCUT2D eigenvalue weighted by molar-refractivity contribution is 6.55. The quantitative estimate of drug-likeness (QED) is 0.449. The Kier molecular flexibility index (Phi) is 9.24. The summed E-state index contributed by atoms with van der Waals surface area (Å²) in [5.41, 5.74) is 0.888. The molecule has 2 unspecified atom stereocenters. The van der Waals surface area contributed by atoms with E-state index < -0.39 is 9.04 Å². The second-order valence-electron chi connectivity index (χ2n) is 4.12. The number of hydrogen-bond donors (Lipinski definition) is 0. The van der Waals surface area contributed by atoms with Gasteiger partial charge in [0.2, 0.25) is 0 Å². The predicted molar refractivity (Wildman–Crippen MR) is 66.8 cm³/mol. The van der Waals surface area contributed by atoms with Crippen molar-refractivity contribution in [1.29, 1.82) is 0 Å². The minimum absolute atomic E-state index is 0.773. The number of rotatable bonds is 8. The average Bonchev–Trinajstić information content (AvgIpc) is 2.16. The molecule has 0 bridgehead atoms. The van der Waals surface area contributed by atoms with Gasteiger partial charge in [-0.05, 0) is 12.1 Å². The summed E-state index contributed by atoms with van der Waals surface area (Å²) in [5.74, 6) is 0. The molecule has 0 aromatic heterocycles. The fourth-order valence-electron chi connectivity index (χ4n) is 1.54. The molecule has 0 aromatic carbocycles. The van der Waals surface area contributed by atoms with Crippen LogP contribution < -0.4 is 0 Å². The van der Waals surface area contributed by atoms with Gasteiger partial charge in [-0.3, -0.25) is 0 Å². The lowest BCUT2D eigenvalue weighted by molar-refractivity contribution is 0.559. The van der Waals surface area contributed by atoms with Gasteiger partial charge in [-0.1, -0.05) is 52.4 Å². The van der Waals surface area contributed by atoms with Crippen LogP contribution >= 0.6 is 0 Å². The Morgan fingerprint density at radius 1 is 1.23 bits per heavy atom. The first kappa shape index (κ1) is 13.4. The Labute approximate surface area is 88.5 Å². The summed E-state index contributed by atoms with van der Waals surface area (Å²) >= 11 is 0. The Hall–Kier alpha value is 0.394. The minimum atomic E-state index is -0.773. The Balaban J connectivity index is 3.21. The van der Waals surface area contributed by atoms with Gasteiger partial charge in [0.25, 0.3) is 0 Å². The Morgan fingerprint density at radius 2 is 1.85 bits per heavy atom. The SMILES string of the molecule is CCCCCCCC(C)[SiH](C)O[SiH3]. The number of unbranched alkanes of at least 4 members (excludes halogenated alkanes) is 4. The van der Waals surface area contributed by atoms with Crippen molar-refractivity contribution in [3.05, 3.63) is 0 Å². The molecule has 0 aliphatic rings. The molecule has 0 amide bonds. The van der Waals surface area contributed by atoms with Crippen molar-refractivity contribution in [2.24, 2.45) is 0 Å². The maximum Gasteiger partial charge on any atom is 0.162 e. The van der Waals surface area contributed by atoms with Crippen LogP contribution in [0.3, 0.4) is 0 Å². The summed E-state index contributed by atoms with van der Waals surface area (Å²) in [6, 6.07) is 0. The van der Waals surface area contributed by atoms with E-state index in [0.29, 0.717) is 0 Å². The third-order valence-corrected chi connectivity index (χ3v) is 7.85. The largest absolute Gasteiger partial charge is 0.466 e. The zero-order valence-corrected chi connectivity index (χ0v) is 13.0. The topological polar surface area (TPSA) is 9.23 Å². The molecule has 0 spiro atoms. The first-order chi connectivity index (χ1) is 6.22. The van der Waals surface area contributed by atoms with Crippen LogP contribution in [0.15, 0.2) is 0 Å². The van der Waals surface area contributed by atoms with Crippen LogP contribution in [-0.4, -0.2) is 19.5 Å². The minimum Gasteiger partial charge on any atom is -0.466 e. The summed E-state index contributed by atoms with van der Waals surface area (Å²) in [6.45, 7) is 6.98. The molecule has 0 heterocycles. The van der Waals surface area contributed by atoms with Gasteiger partial charge < -0.3 is 4.12 Å². The van der Waals surface area contributed by atoms with Gasteiger partial charge in [0.05, 0.1) is 0 Å². The molecule has 0 rings (SSSR count). The summed E-state index contributed by atoms with van der Waals surface area (Å²) in [5, 5.41) is 0. The first-order valence-corrected chi connectivity index (χ1v) is 8.86. The lowest BCUT2D eigenvalue weighted by Gasteiger charge is -2.16. The third-order valence-electron chi connectivity index (χ3n) is 2.94. The second-order valence-corrected chi connectivity index (χ2v) is 8.55. The van der Waals surface area contributed by atoms with E-state index in [1.807, 2.05) is 0 Å². The molecule has 80 valence electrons. The molecule has 0 aromatic rings. The van der Waals surface area contributed by atoms with Gasteiger partial charge in [0, 0.05) is 0 Å². The van der Waals surface area contributed by atoms with Crippen LogP contribution in [0.4, 0.5) is 0 Å². The fraction of sp³-hybridized carbons (Fsp3) is 1.00. The molecule has 0 saturated heterocycles. The van der Waals surface area contributed by atoms with Crippen molar-refractivity contribution in [3.8, 4) is 0 Å². The van der Waals surface area contributed by atoms with E-state index in [4.69, 9.17) is 4.12 Å². The summed E-state index contributed by atoms with van der Waals surface area (Å²) < 4.78 is 5.57. The highest BCUT2D eigenvalue weighted by atomic mass is 28.3. The van der Waals surface area contributed by atoms with Crippen molar-refractivity contribution >= 4 is 19.5 Å². The highest BCUT2D eigenvalue weighted by Crippen LogP contribution is 2.19. The van der Waals surface area contributed by atoms with Gasteiger partial charge >= 0.3 is 0 Å². The molecule has 13 heavy (non-hydrogen) atoms. The first-order valence-electron chi connectivity index (χ1n) is 5.75. The lowest BCUT2D eigenvalue weighted by atomic mass is 10.1. The van der Waals surface area contributed by atoms with E-state index in [0.717, 1.165) is 16.0 Å². The summed E-state index contributed by atoms with van der Waals surface area (Å²) in [7, 11) is 0.170. The monoisotopic (exact) mass is 218 g/mol. The lowest BCUT2D eigenvalue weighted by Crippen LogP contribution is -2.17. The highest BCUT2D eigenvalue weighted by Gasteiger charge is 2.11. The standard InChI is InChI=1S/C10H26OSi2/c1-4-5-6-7-8-9-10(2)13(3)11-12/h10,13H,4-9H2,1-3,12H3. The van der Waals surface area contributed by atoms with Gasteiger partial charge in [0.15, 0.2) is 9.04 Å². The average molecular weight is 218 g/mol. The molecule has 1 nitrogen and oxygen atoms in total. The van der Waals surface area contributed by atoms with E-state index in [2.05, 4.69) is 20.4 Å². The van der Waals surface area contributed by atoms with Crippen LogP contribution in [0.5, 0.6) is 0 Å². The zero-order valence-electron chi connectivity index (χ0n) is 9.81. The Bertz CT molecular complexity index is 109. The fourth-order valence-corrected chi connectivity index (χ4v) is 4.10. The molecule has 0 aliphatic carbocycles. The second kappa shape index (κ2) is 8.97. The van der Waals surface area contributed by atoms with Gasteiger partial charge in [-0.25, -0.2) is 0 Å². The van der Waals surface area contributed by atoms with Crippen molar-refractivity contribution in [1.82, 2.24) is 0 Å². The van der Waals surface area contributed by atoms with E-state index in [-0.39, 0.29) is 0 Å². The van der Waals surface area contributed by atoms with Gasteiger partial charge in [-0.15, -0.1) is 0 Å². The molecule has 3 heteroatoms. The maximum atomic E-state index is 5.57. The van der Waals surface area contributed by atoms with Crippen LogP contribution in [-0.2, 0) is 4.12 Å². The molecule has 0 aliphatic heterocycles. The molecule has 2 atom stereocenters. The summed E-state index contributed by atoms with van der Waals surface area (Å²) in [4.78, 5) is 0. The smallest absolute Gasteiger partial charge is 0.162 e. The molecule has 0 radical (unpaired) electrons. The van der Waals surface area contributed by atoms with Crippen LogP contribution in [0.1, 0.15) is 52.4 Å². The normalized spacial score (nSPS) is 15.9. The maximum absolute atomic E-state index is 5.57. The van der Waals surface area contributed by atoms with Crippen molar-refractivity contribution in [3.63, 3.8) is 0 Å². The van der Waals surface area contributed by atoms with Gasteiger partial charge in [0.1, 0.15) is 10.5 Å². The van der Waals surface area contributed by atoms with Crippen LogP contribution in [0, 0.1) is 0 Å². The van der Waals surface area contributed by atoms with Crippen molar-refractivity contribution in [2.75, 3.05) is 0 Å². The number of hydrogen-bond acceptors (Lipinski definition) is 1. The molecule has 0 saturated carbocycles. The Morgan fingerprint density at radius 3 is 2.38 bits per heavy atom. The van der Waals surface area contributed by atoms with E-state index in [1.54, 1.807) is 0 Å². The van der Waals surface area contributed by atoms with Crippen molar-refractivity contribution < 1.29 is 4.12 Å². The summed E-state index contributed by atoms with van der Waals surface area (Å²) in [6.07, 6.45) is 8.45. The van der Waals surface area contributed by atoms with Crippen LogP contribution in [0.2, 0.25) is 12.1 Å². The third kappa shape index (κ3) is 7.46. The predicted octanol–water partition coefficient (Wildman–Crippen LogP) is 2.39. The van der Waals surface area contributed by atoms with Crippen LogP contribution in [0.25, 0.3) is 0 Å². The van der Waals surface area contributed by atoms with Crippen molar-refractivity contribution in [2.45, 2.75) is 64.5 Å². The van der Waals surface area contributed by atoms with E-state index in [1.165, 1.54) is 38.5 Å². The zero-order chi connectivity index (χ0) is 10.1.